The number of amides is 2. The van der Waals surface area contributed by atoms with Gasteiger partial charge in [-0.05, 0) is 41.8 Å². The molecule has 0 radical (unpaired) electrons. The van der Waals surface area contributed by atoms with E-state index in [0.717, 1.165) is 11.1 Å². The maximum Gasteiger partial charge on any atom is 0.224 e. The fourth-order valence-electron chi connectivity index (χ4n) is 5.63. The lowest BCUT2D eigenvalue weighted by molar-refractivity contribution is -0.123. The molecule has 0 unspecified atom stereocenters. The van der Waals surface area contributed by atoms with E-state index in [1.165, 1.54) is 12.1 Å². The third kappa shape index (κ3) is 10.0. The number of rotatable bonds is 6. The monoisotopic (exact) mass is 612 g/mol. The van der Waals surface area contributed by atoms with Crippen LogP contribution in [0.15, 0.2) is 36.4 Å². The van der Waals surface area contributed by atoms with E-state index in [1.807, 2.05) is 19.1 Å². The van der Waals surface area contributed by atoms with Crippen molar-refractivity contribution in [3.05, 3.63) is 53.1 Å². The van der Waals surface area contributed by atoms with E-state index >= 15 is 0 Å². The third-order valence-electron chi connectivity index (χ3n) is 8.07. The van der Waals surface area contributed by atoms with E-state index in [4.69, 9.17) is 0 Å². The van der Waals surface area contributed by atoms with Crippen LogP contribution in [0, 0.1) is 6.92 Å². The third-order valence-corrected chi connectivity index (χ3v) is 8.07. The van der Waals surface area contributed by atoms with Gasteiger partial charge in [0.2, 0.25) is 11.8 Å². The van der Waals surface area contributed by atoms with Crippen molar-refractivity contribution < 1.29 is 24.9 Å². The molecule has 2 aromatic carbocycles. The lowest BCUT2D eigenvalue weighted by atomic mass is 9.96. The van der Waals surface area contributed by atoms with E-state index in [2.05, 4.69) is 42.5 Å². The van der Waals surface area contributed by atoms with Crippen LogP contribution in [0.25, 0.3) is 0 Å². The zero-order valence-electron chi connectivity index (χ0n) is 25.5. The lowest BCUT2D eigenvalue weighted by Gasteiger charge is -2.39. The molecule has 13 heteroatoms. The second kappa shape index (κ2) is 16.0. The van der Waals surface area contributed by atoms with Gasteiger partial charge in [-0.2, -0.15) is 0 Å². The number of phenols is 3. The Labute approximate surface area is 259 Å². The molecule has 3 aliphatic rings. The molecule has 5 rings (SSSR count). The highest BCUT2D eigenvalue weighted by Crippen LogP contribution is 2.25. The average Bonchev–Trinajstić information content (AvgIpc) is 2.97. The van der Waals surface area contributed by atoms with Gasteiger partial charge in [0, 0.05) is 78.5 Å². The summed E-state index contributed by atoms with van der Waals surface area (Å²) in [6.07, 6.45) is 0.237. The number of benzene rings is 2. The van der Waals surface area contributed by atoms with Crippen LogP contribution in [-0.2, 0) is 22.4 Å². The highest BCUT2D eigenvalue weighted by molar-refractivity contribution is 5.80. The SMILES string of the molecule is Cc1ccc(CC(=O)NC23CNCCNCC(NC(=O)Cc4ccc(O)c(O)c4)(CNCCNC2)CNCCNC3)cc1O. The van der Waals surface area contributed by atoms with E-state index in [1.54, 1.807) is 12.1 Å². The molecule has 3 heterocycles. The van der Waals surface area contributed by atoms with Gasteiger partial charge in [0.15, 0.2) is 11.5 Å². The Morgan fingerprint density at radius 2 is 0.955 bits per heavy atom. The van der Waals surface area contributed by atoms with Gasteiger partial charge in [0.25, 0.3) is 0 Å². The summed E-state index contributed by atoms with van der Waals surface area (Å²) in [5, 5.41) is 57.1. The molecule has 44 heavy (non-hydrogen) atoms. The number of aromatic hydroxyl groups is 3. The van der Waals surface area contributed by atoms with Gasteiger partial charge in [0.05, 0.1) is 23.9 Å². The molecule has 0 saturated carbocycles. The Balaban J connectivity index is 1.43. The maximum atomic E-state index is 13.3. The molecule has 2 bridgehead atoms. The Morgan fingerprint density at radius 3 is 1.32 bits per heavy atom. The fourth-order valence-corrected chi connectivity index (χ4v) is 5.63. The van der Waals surface area contributed by atoms with Crippen LogP contribution in [0.5, 0.6) is 17.2 Å². The van der Waals surface area contributed by atoms with Crippen molar-refractivity contribution in [2.75, 3.05) is 78.5 Å². The van der Waals surface area contributed by atoms with Gasteiger partial charge in [0.1, 0.15) is 5.75 Å². The minimum Gasteiger partial charge on any atom is -0.508 e. The highest BCUT2D eigenvalue weighted by atomic mass is 16.3. The molecule has 13 nitrogen and oxygen atoms in total. The van der Waals surface area contributed by atoms with E-state index < -0.39 is 11.1 Å². The lowest BCUT2D eigenvalue weighted by Crippen LogP contribution is -2.68. The number of nitrogens with one attached hydrogen (secondary N) is 8. The van der Waals surface area contributed by atoms with Crippen molar-refractivity contribution >= 4 is 11.8 Å². The molecular weight excluding hydrogens is 564 g/mol. The first-order chi connectivity index (χ1) is 21.2. The van der Waals surface area contributed by atoms with E-state index in [9.17, 15) is 24.9 Å². The van der Waals surface area contributed by atoms with Crippen LogP contribution in [0.2, 0.25) is 0 Å². The predicted molar refractivity (Wildman–Crippen MR) is 169 cm³/mol. The van der Waals surface area contributed by atoms with E-state index in [0.29, 0.717) is 84.1 Å². The van der Waals surface area contributed by atoms with Crippen LogP contribution in [0.4, 0.5) is 0 Å². The van der Waals surface area contributed by atoms with Gasteiger partial charge in [-0.25, -0.2) is 0 Å². The molecule has 0 aliphatic carbocycles. The predicted octanol–water partition coefficient (Wildman–Crippen LogP) is -1.83. The summed E-state index contributed by atoms with van der Waals surface area (Å²) < 4.78 is 0. The largest absolute Gasteiger partial charge is 0.508 e. The molecule has 3 fully saturated rings. The summed E-state index contributed by atoms with van der Waals surface area (Å²) in [5.74, 6) is -0.585. The fraction of sp³-hybridized carbons (Fsp3) is 0.548. The summed E-state index contributed by atoms with van der Waals surface area (Å²) in [6.45, 7) is 8.93. The van der Waals surface area contributed by atoms with Gasteiger partial charge in [-0.15, -0.1) is 0 Å². The normalized spacial score (nSPS) is 24.1. The number of phenolic OH excluding ortho intramolecular Hbond substituents is 3. The number of hydrogen-bond donors (Lipinski definition) is 11. The average molecular weight is 613 g/mol. The number of hydrogen-bond acceptors (Lipinski definition) is 11. The Hall–Kier alpha value is -3.46. The van der Waals surface area contributed by atoms with Crippen LogP contribution in [0.1, 0.15) is 16.7 Å². The van der Waals surface area contributed by atoms with Crippen molar-refractivity contribution in [2.45, 2.75) is 30.8 Å². The summed E-state index contributed by atoms with van der Waals surface area (Å²) in [4.78, 5) is 26.5. The number of carbonyl (C=O) groups excluding carboxylic acids is 2. The molecule has 2 aromatic rings. The first-order valence-corrected chi connectivity index (χ1v) is 15.3. The molecule has 3 aliphatic heterocycles. The van der Waals surface area contributed by atoms with Gasteiger partial charge >= 0.3 is 0 Å². The summed E-state index contributed by atoms with van der Waals surface area (Å²) in [7, 11) is 0. The molecule has 11 N–H and O–H groups in total. The molecule has 242 valence electrons. The summed E-state index contributed by atoms with van der Waals surface area (Å²) in [6, 6.07) is 9.74. The summed E-state index contributed by atoms with van der Waals surface area (Å²) >= 11 is 0. The second-order valence-corrected chi connectivity index (χ2v) is 12.0. The van der Waals surface area contributed by atoms with Crippen molar-refractivity contribution in [2.24, 2.45) is 0 Å². The molecule has 0 spiro atoms. The van der Waals surface area contributed by atoms with Crippen molar-refractivity contribution in [3.8, 4) is 17.2 Å². The highest BCUT2D eigenvalue weighted by Gasteiger charge is 2.34. The molecule has 0 aromatic heterocycles. The smallest absolute Gasteiger partial charge is 0.224 e. The van der Waals surface area contributed by atoms with Crippen molar-refractivity contribution in [1.82, 2.24) is 42.5 Å². The number of aryl methyl sites for hydroxylation is 1. The van der Waals surface area contributed by atoms with Crippen molar-refractivity contribution in [3.63, 3.8) is 0 Å². The van der Waals surface area contributed by atoms with Crippen LogP contribution in [-0.4, -0.2) is 117 Å². The minimum atomic E-state index is -0.619. The quantitative estimate of drug-likeness (QED) is 0.165. The Kier molecular flexibility index (Phi) is 12.2. The van der Waals surface area contributed by atoms with Crippen molar-refractivity contribution in [1.29, 1.82) is 0 Å². The number of carbonyl (C=O) groups is 2. The van der Waals surface area contributed by atoms with Crippen LogP contribution < -0.4 is 42.5 Å². The minimum absolute atomic E-state index is 0.0686. The Bertz CT molecular complexity index is 1120. The zero-order chi connectivity index (χ0) is 31.4. The van der Waals surface area contributed by atoms with Gasteiger partial charge in [-0.1, -0.05) is 18.2 Å². The molecule has 3 saturated heterocycles. The molecule has 2 amide bonds. The number of fused-ring (bicyclic) bond motifs is 15. The maximum absolute atomic E-state index is 13.3. The molecule has 0 atom stereocenters. The van der Waals surface area contributed by atoms with E-state index in [-0.39, 0.29) is 41.9 Å². The Morgan fingerprint density at radius 1 is 0.591 bits per heavy atom. The topological polar surface area (TPSA) is 191 Å². The first kappa shape index (κ1) is 33.4. The summed E-state index contributed by atoms with van der Waals surface area (Å²) in [5.41, 5.74) is 0.931. The van der Waals surface area contributed by atoms with Gasteiger partial charge < -0.3 is 57.9 Å². The van der Waals surface area contributed by atoms with Crippen LogP contribution in [0.3, 0.4) is 0 Å². The molecular formula is C31H48N8O5. The second-order valence-electron chi connectivity index (χ2n) is 12.0. The first-order valence-electron chi connectivity index (χ1n) is 15.3. The zero-order valence-corrected chi connectivity index (χ0v) is 25.5. The van der Waals surface area contributed by atoms with Gasteiger partial charge in [-0.3, -0.25) is 9.59 Å². The standard InChI is InChI=1S/C31H48N8O5/c1-22-2-3-23(12-26(22)41)14-28(43)38-30-16-32-6-9-35-19-31(20-36-10-7-33-17-30,21-37-11-8-34-18-30)39-29(44)15-24-4-5-25(40)27(42)13-24/h2-5,12-13,32-37,40-42H,6-11,14-21H2,1H3,(H,38,43)(H,39,44). The van der Waals surface area contributed by atoms with Crippen LogP contribution >= 0.6 is 0 Å².